The minimum Gasteiger partial charge on any atom is -0.483 e. The monoisotopic (exact) mass is 453 g/mol. The van der Waals surface area contributed by atoms with Crippen molar-refractivity contribution in [1.82, 2.24) is 10.2 Å². The van der Waals surface area contributed by atoms with Crippen LogP contribution in [0.2, 0.25) is 0 Å². The first-order chi connectivity index (χ1) is 15.5. The topological polar surface area (TPSA) is 131 Å². The summed E-state index contributed by atoms with van der Waals surface area (Å²) in [5.74, 6) is -0.574. The lowest BCUT2D eigenvalue weighted by Gasteiger charge is -2.42. The molecule has 0 aromatic heterocycles. The zero-order valence-corrected chi connectivity index (χ0v) is 19.9. The second kappa shape index (κ2) is 9.11. The van der Waals surface area contributed by atoms with Gasteiger partial charge in [0, 0.05) is 12.7 Å². The van der Waals surface area contributed by atoms with Crippen LogP contribution in [0.1, 0.15) is 27.8 Å². The molecule has 2 aromatic carbocycles. The molecule has 1 heterocycles. The van der Waals surface area contributed by atoms with Crippen LogP contribution in [0.3, 0.4) is 0 Å². The third-order valence-electron chi connectivity index (χ3n) is 6.35. The van der Waals surface area contributed by atoms with Gasteiger partial charge in [-0.2, -0.15) is 0 Å². The summed E-state index contributed by atoms with van der Waals surface area (Å²) < 4.78 is 5.71. The zero-order chi connectivity index (χ0) is 24.6. The fourth-order valence-corrected chi connectivity index (χ4v) is 3.87. The van der Waals surface area contributed by atoms with Gasteiger partial charge in [0.1, 0.15) is 18.0 Å². The molecule has 1 fully saturated rings. The number of benzene rings is 2. The van der Waals surface area contributed by atoms with Gasteiger partial charge in [-0.05, 0) is 74.6 Å². The Morgan fingerprint density at radius 3 is 2.39 bits per heavy atom. The van der Waals surface area contributed by atoms with E-state index in [2.05, 4.69) is 5.32 Å². The minimum absolute atomic E-state index is 0.318. The van der Waals surface area contributed by atoms with Gasteiger partial charge in [0.05, 0.1) is 5.69 Å². The second-order valence-electron chi connectivity index (χ2n) is 8.45. The van der Waals surface area contributed by atoms with E-state index in [1.54, 1.807) is 12.1 Å². The number of ether oxygens (including phenoxy) is 1. The predicted octanol–water partition coefficient (Wildman–Crippen LogP) is 2.06. The molecule has 5 N–H and O–H groups in total. The van der Waals surface area contributed by atoms with Crippen LogP contribution in [0.15, 0.2) is 24.3 Å². The molecule has 176 valence electrons. The summed E-state index contributed by atoms with van der Waals surface area (Å²) in [4.78, 5) is 40.7. The molecule has 1 aliphatic rings. The second-order valence-corrected chi connectivity index (χ2v) is 8.45. The van der Waals surface area contributed by atoms with Crippen molar-refractivity contribution in [3.63, 3.8) is 0 Å². The number of likely N-dealkylation sites (N-methyl/N-ethyl adjacent to an activating group) is 1. The highest BCUT2D eigenvalue weighted by atomic mass is 16.5. The van der Waals surface area contributed by atoms with Gasteiger partial charge >= 0.3 is 6.03 Å². The number of carbonyl (C=O) groups is 3. The molecule has 2 unspecified atom stereocenters. The summed E-state index contributed by atoms with van der Waals surface area (Å²) in [5.41, 5.74) is 18.1. The largest absolute Gasteiger partial charge is 0.483 e. The van der Waals surface area contributed by atoms with Crippen molar-refractivity contribution >= 4 is 29.2 Å². The molecule has 2 atom stereocenters. The maximum Gasteiger partial charge on any atom is 0.332 e. The zero-order valence-electron chi connectivity index (χ0n) is 19.9. The molecule has 3 rings (SSSR count). The fraction of sp³-hybridized carbons (Fsp3) is 0.375. The summed E-state index contributed by atoms with van der Waals surface area (Å²) in [6.45, 7) is 9.10. The Balaban J connectivity index is 1.79. The van der Waals surface area contributed by atoms with Gasteiger partial charge < -0.3 is 21.5 Å². The first-order valence-electron chi connectivity index (χ1n) is 10.7. The SMILES string of the molecule is Cc1cccc(N2C(=O)N(C)C(=O)C(NC(=O)COc3cc(C)c(N)c(C)c3C)C2N)c1C. The Morgan fingerprint density at radius 1 is 1.06 bits per heavy atom. The summed E-state index contributed by atoms with van der Waals surface area (Å²) in [7, 11) is 1.37. The molecule has 0 aliphatic carbocycles. The Labute approximate surface area is 193 Å². The van der Waals surface area contributed by atoms with E-state index in [0.717, 1.165) is 32.7 Å². The number of urea groups is 1. The van der Waals surface area contributed by atoms with E-state index in [4.69, 9.17) is 16.2 Å². The van der Waals surface area contributed by atoms with Gasteiger partial charge in [-0.3, -0.25) is 19.4 Å². The average molecular weight is 454 g/mol. The summed E-state index contributed by atoms with van der Waals surface area (Å²) in [6, 6.07) is 5.60. The van der Waals surface area contributed by atoms with Crippen molar-refractivity contribution in [1.29, 1.82) is 0 Å². The maximum absolute atomic E-state index is 12.9. The van der Waals surface area contributed by atoms with Crippen LogP contribution in [0.25, 0.3) is 0 Å². The van der Waals surface area contributed by atoms with Crippen LogP contribution in [-0.2, 0) is 9.59 Å². The van der Waals surface area contributed by atoms with E-state index in [0.29, 0.717) is 17.1 Å². The van der Waals surface area contributed by atoms with Gasteiger partial charge in [0.25, 0.3) is 11.8 Å². The molecule has 9 nitrogen and oxygen atoms in total. The molecule has 0 spiro atoms. The van der Waals surface area contributed by atoms with Gasteiger partial charge in [0.2, 0.25) is 0 Å². The molecule has 0 radical (unpaired) electrons. The molecule has 33 heavy (non-hydrogen) atoms. The third kappa shape index (κ3) is 4.36. The lowest BCUT2D eigenvalue weighted by atomic mass is 10.0. The molecular formula is C24H31N5O4. The number of nitrogens with two attached hydrogens (primary N) is 2. The highest BCUT2D eigenvalue weighted by molar-refractivity contribution is 6.09. The van der Waals surface area contributed by atoms with Crippen molar-refractivity contribution < 1.29 is 19.1 Å². The number of anilines is 2. The number of hydrogen-bond acceptors (Lipinski definition) is 6. The quantitative estimate of drug-likeness (QED) is 0.594. The lowest BCUT2D eigenvalue weighted by Crippen LogP contribution is -2.71. The predicted molar refractivity (Wildman–Crippen MR) is 127 cm³/mol. The Bertz CT molecular complexity index is 1130. The van der Waals surface area contributed by atoms with E-state index in [-0.39, 0.29) is 6.61 Å². The van der Waals surface area contributed by atoms with Crippen molar-refractivity contribution in [3.8, 4) is 5.75 Å². The van der Waals surface area contributed by atoms with Crippen LogP contribution in [0.5, 0.6) is 5.75 Å². The van der Waals surface area contributed by atoms with Gasteiger partial charge in [-0.15, -0.1) is 0 Å². The number of nitrogens with zero attached hydrogens (tertiary/aromatic N) is 2. The van der Waals surface area contributed by atoms with Gasteiger partial charge in [-0.25, -0.2) is 4.79 Å². The molecule has 0 saturated carbocycles. The molecule has 1 aliphatic heterocycles. The number of nitrogen functional groups attached to an aromatic ring is 1. The minimum atomic E-state index is -1.13. The van der Waals surface area contributed by atoms with Gasteiger partial charge in [-0.1, -0.05) is 12.1 Å². The van der Waals surface area contributed by atoms with Crippen LogP contribution in [-0.4, -0.2) is 48.6 Å². The van der Waals surface area contributed by atoms with Gasteiger partial charge in [0.15, 0.2) is 6.61 Å². The lowest BCUT2D eigenvalue weighted by molar-refractivity contribution is -0.135. The molecule has 1 saturated heterocycles. The first-order valence-corrected chi connectivity index (χ1v) is 10.7. The smallest absolute Gasteiger partial charge is 0.332 e. The van der Waals surface area contributed by atoms with Crippen LogP contribution in [0.4, 0.5) is 16.2 Å². The van der Waals surface area contributed by atoms with E-state index in [1.165, 1.54) is 11.9 Å². The van der Waals surface area contributed by atoms with Crippen LogP contribution >= 0.6 is 0 Å². The van der Waals surface area contributed by atoms with Crippen molar-refractivity contribution in [2.24, 2.45) is 5.73 Å². The normalized spacial score (nSPS) is 18.5. The number of hydrogen-bond donors (Lipinski definition) is 3. The fourth-order valence-electron chi connectivity index (χ4n) is 3.87. The molecule has 9 heteroatoms. The molecular weight excluding hydrogens is 422 g/mol. The van der Waals surface area contributed by atoms with E-state index in [1.807, 2.05) is 46.8 Å². The van der Waals surface area contributed by atoms with Crippen molar-refractivity contribution in [2.45, 2.75) is 46.8 Å². The summed E-state index contributed by atoms with van der Waals surface area (Å²) in [5, 5.41) is 2.63. The first kappa shape index (κ1) is 24.1. The number of imide groups is 1. The number of carbonyl (C=O) groups excluding carboxylic acids is 3. The number of amides is 4. The van der Waals surface area contributed by atoms with Crippen molar-refractivity contribution in [3.05, 3.63) is 52.1 Å². The summed E-state index contributed by atoms with van der Waals surface area (Å²) >= 11 is 0. The van der Waals surface area contributed by atoms with Crippen LogP contribution < -0.4 is 26.4 Å². The molecule has 0 bridgehead atoms. The van der Waals surface area contributed by atoms with Crippen molar-refractivity contribution in [2.75, 3.05) is 24.3 Å². The highest BCUT2D eigenvalue weighted by Gasteiger charge is 2.45. The van der Waals surface area contributed by atoms with E-state index >= 15 is 0 Å². The standard InChI is InChI=1S/C24H31N5O4/c1-12-8-7-9-17(14(12)3)29-22(26)21(23(31)28(6)24(29)32)27-19(30)11-33-18-10-13(2)20(25)16(5)15(18)4/h7-10,21-22H,11,25-26H2,1-6H3,(H,27,30). The number of nitrogens with one attached hydrogen (secondary N) is 1. The van der Waals surface area contributed by atoms with E-state index < -0.39 is 30.1 Å². The number of rotatable bonds is 5. The summed E-state index contributed by atoms with van der Waals surface area (Å²) in [6.07, 6.45) is -1.08. The number of aryl methyl sites for hydroxylation is 2. The van der Waals surface area contributed by atoms with E-state index in [9.17, 15) is 14.4 Å². The molecule has 2 aromatic rings. The Hall–Kier alpha value is -3.59. The maximum atomic E-state index is 12.9. The third-order valence-corrected chi connectivity index (χ3v) is 6.35. The highest BCUT2D eigenvalue weighted by Crippen LogP contribution is 2.30. The molecule has 4 amide bonds. The Morgan fingerprint density at radius 2 is 1.73 bits per heavy atom. The average Bonchev–Trinajstić information content (AvgIpc) is 2.78. The Kier molecular flexibility index (Phi) is 6.64. The van der Waals surface area contributed by atoms with Crippen LogP contribution in [0, 0.1) is 34.6 Å².